The zero-order valence-electron chi connectivity index (χ0n) is 11.0. The fraction of sp³-hybridized carbons (Fsp3) is 0.533. The van der Waals surface area contributed by atoms with Crippen LogP contribution in [0.3, 0.4) is 0 Å². The van der Waals surface area contributed by atoms with E-state index in [1.54, 1.807) is 0 Å². The van der Waals surface area contributed by atoms with Crippen molar-refractivity contribution in [3.05, 3.63) is 29.8 Å². The predicted octanol–water partition coefficient (Wildman–Crippen LogP) is 2.51. The van der Waals surface area contributed by atoms with E-state index in [-0.39, 0.29) is 0 Å². The summed E-state index contributed by atoms with van der Waals surface area (Å²) >= 11 is 0. The molecule has 1 aromatic rings. The molecule has 2 N–H and O–H groups in total. The lowest BCUT2D eigenvalue weighted by Gasteiger charge is -2.38. The monoisotopic (exact) mass is 243 g/mol. The summed E-state index contributed by atoms with van der Waals surface area (Å²) < 4.78 is 0. The number of nitrogens with two attached hydrogens (primary N) is 1. The molecule has 0 saturated heterocycles. The fourth-order valence-corrected chi connectivity index (χ4v) is 2.94. The molecule has 3 nitrogen and oxygen atoms in total. The molecule has 1 saturated carbocycles. The second-order valence-electron chi connectivity index (χ2n) is 5.12. The Labute approximate surface area is 109 Å². The molecule has 18 heavy (non-hydrogen) atoms. The summed E-state index contributed by atoms with van der Waals surface area (Å²) in [7, 11) is 2.14. The highest BCUT2D eigenvalue weighted by Gasteiger charge is 2.27. The van der Waals surface area contributed by atoms with Crippen LogP contribution in [0.4, 0.5) is 5.69 Å². The molecule has 1 aromatic carbocycles. The Bertz CT molecular complexity index is 418. The van der Waals surface area contributed by atoms with E-state index >= 15 is 0 Å². The van der Waals surface area contributed by atoms with Crippen LogP contribution in [0.5, 0.6) is 0 Å². The first-order chi connectivity index (χ1) is 8.76. The lowest BCUT2D eigenvalue weighted by atomic mass is 9.83. The molecular formula is C15H21N3. The highest BCUT2D eigenvalue weighted by molar-refractivity contribution is 5.50. The van der Waals surface area contributed by atoms with Crippen molar-refractivity contribution in [1.82, 2.24) is 0 Å². The summed E-state index contributed by atoms with van der Waals surface area (Å²) in [6, 6.07) is 10.5. The third-order valence-corrected chi connectivity index (χ3v) is 4.07. The van der Waals surface area contributed by atoms with E-state index < -0.39 is 0 Å². The second kappa shape index (κ2) is 5.88. The molecule has 1 fully saturated rings. The van der Waals surface area contributed by atoms with Gasteiger partial charge in [-0.15, -0.1) is 0 Å². The summed E-state index contributed by atoms with van der Waals surface area (Å²) in [4.78, 5) is 2.33. The van der Waals surface area contributed by atoms with Crippen LogP contribution in [0.25, 0.3) is 0 Å². The number of benzene rings is 1. The number of hydrogen-bond donors (Lipinski definition) is 1. The number of rotatable bonds is 3. The standard InChI is InChI=1S/C15H21N3/c1-18(14-8-6-12(10-16)7-9-14)15-5-3-2-4-13(15)11-17/h6-9,13,15H,2-5,11,17H2,1H3. The second-order valence-corrected chi connectivity index (χ2v) is 5.12. The van der Waals surface area contributed by atoms with Gasteiger partial charge in [-0.25, -0.2) is 0 Å². The molecule has 3 heteroatoms. The first-order valence-electron chi connectivity index (χ1n) is 6.69. The Morgan fingerprint density at radius 1 is 1.28 bits per heavy atom. The first kappa shape index (κ1) is 12.9. The Morgan fingerprint density at radius 3 is 2.56 bits per heavy atom. The minimum absolute atomic E-state index is 0.539. The maximum atomic E-state index is 8.82. The highest BCUT2D eigenvalue weighted by Crippen LogP contribution is 2.30. The van der Waals surface area contributed by atoms with Gasteiger partial charge in [0.25, 0.3) is 0 Å². The summed E-state index contributed by atoms with van der Waals surface area (Å²) in [5, 5.41) is 8.82. The zero-order chi connectivity index (χ0) is 13.0. The predicted molar refractivity (Wildman–Crippen MR) is 74.4 cm³/mol. The van der Waals surface area contributed by atoms with Crippen molar-refractivity contribution in [2.24, 2.45) is 11.7 Å². The Balaban J connectivity index is 2.13. The van der Waals surface area contributed by atoms with Crippen molar-refractivity contribution in [2.45, 2.75) is 31.7 Å². The number of nitriles is 1. The molecule has 0 aromatic heterocycles. The smallest absolute Gasteiger partial charge is 0.0991 e. The molecule has 96 valence electrons. The number of hydrogen-bond acceptors (Lipinski definition) is 3. The maximum Gasteiger partial charge on any atom is 0.0991 e. The third kappa shape index (κ3) is 2.65. The molecule has 0 radical (unpaired) electrons. The molecule has 1 aliphatic carbocycles. The summed E-state index contributed by atoms with van der Waals surface area (Å²) in [5.41, 5.74) is 7.78. The molecule has 0 aliphatic heterocycles. The van der Waals surface area contributed by atoms with Gasteiger partial charge in [0.1, 0.15) is 0 Å². The minimum atomic E-state index is 0.539. The van der Waals surface area contributed by atoms with Crippen LogP contribution < -0.4 is 10.6 Å². The largest absolute Gasteiger partial charge is 0.371 e. The Kier molecular flexibility index (Phi) is 4.22. The van der Waals surface area contributed by atoms with Crippen LogP contribution in [0.1, 0.15) is 31.2 Å². The van der Waals surface area contributed by atoms with E-state index in [0.717, 1.165) is 6.54 Å². The van der Waals surface area contributed by atoms with Gasteiger partial charge in [0.05, 0.1) is 11.6 Å². The van der Waals surface area contributed by atoms with E-state index in [4.69, 9.17) is 11.0 Å². The van der Waals surface area contributed by atoms with Crippen LogP contribution in [-0.4, -0.2) is 19.6 Å². The van der Waals surface area contributed by atoms with Crippen molar-refractivity contribution in [2.75, 3.05) is 18.5 Å². The topological polar surface area (TPSA) is 53.0 Å². The molecule has 0 spiro atoms. The van der Waals surface area contributed by atoms with E-state index in [0.29, 0.717) is 17.5 Å². The fourth-order valence-electron chi connectivity index (χ4n) is 2.94. The minimum Gasteiger partial charge on any atom is -0.371 e. The highest BCUT2D eigenvalue weighted by atomic mass is 15.1. The molecule has 0 amide bonds. The van der Waals surface area contributed by atoms with Crippen LogP contribution in [-0.2, 0) is 0 Å². The Morgan fingerprint density at radius 2 is 1.94 bits per heavy atom. The average Bonchev–Trinajstić information content (AvgIpc) is 2.46. The van der Waals surface area contributed by atoms with Gasteiger partial charge in [-0.1, -0.05) is 12.8 Å². The third-order valence-electron chi connectivity index (χ3n) is 4.07. The number of nitrogens with zero attached hydrogens (tertiary/aromatic N) is 2. The SMILES string of the molecule is CN(c1ccc(C#N)cc1)C1CCCCC1CN. The van der Waals surface area contributed by atoms with E-state index in [1.807, 2.05) is 24.3 Å². The molecule has 0 bridgehead atoms. The zero-order valence-corrected chi connectivity index (χ0v) is 11.0. The average molecular weight is 243 g/mol. The molecule has 2 unspecified atom stereocenters. The maximum absolute atomic E-state index is 8.82. The van der Waals surface area contributed by atoms with E-state index in [9.17, 15) is 0 Å². The lowest BCUT2D eigenvalue weighted by Crippen LogP contribution is -2.43. The van der Waals surface area contributed by atoms with Gasteiger partial charge in [-0.2, -0.15) is 5.26 Å². The van der Waals surface area contributed by atoms with Gasteiger partial charge in [0, 0.05) is 18.8 Å². The van der Waals surface area contributed by atoms with Crippen molar-refractivity contribution >= 4 is 5.69 Å². The van der Waals surface area contributed by atoms with Crippen LogP contribution >= 0.6 is 0 Å². The van der Waals surface area contributed by atoms with Crippen LogP contribution in [0.15, 0.2) is 24.3 Å². The van der Waals surface area contributed by atoms with Crippen molar-refractivity contribution in [1.29, 1.82) is 5.26 Å². The van der Waals surface area contributed by atoms with Gasteiger partial charge >= 0.3 is 0 Å². The summed E-state index contributed by atoms with van der Waals surface area (Å²) in [6.45, 7) is 0.769. The van der Waals surface area contributed by atoms with Crippen molar-refractivity contribution in [3.63, 3.8) is 0 Å². The molecule has 2 atom stereocenters. The van der Waals surface area contributed by atoms with E-state index in [2.05, 4.69) is 18.0 Å². The van der Waals surface area contributed by atoms with Gasteiger partial charge in [-0.3, -0.25) is 0 Å². The molecular weight excluding hydrogens is 222 g/mol. The van der Waals surface area contributed by atoms with Gasteiger partial charge in [-0.05, 0) is 49.6 Å². The van der Waals surface area contributed by atoms with E-state index in [1.165, 1.54) is 31.4 Å². The summed E-state index contributed by atoms with van der Waals surface area (Å²) in [5.74, 6) is 0.597. The van der Waals surface area contributed by atoms with Crippen LogP contribution in [0, 0.1) is 17.2 Å². The lowest BCUT2D eigenvalue weighted by molar-refractivity contribution is 0.306. The van der Waals surface area contributed by atoms with Gasteiger partial charge in [0.2, 0.25) is 0 Å². The Hall–Kier alpha value is -1.53. The van der Waals surface area contributed by atoms with Crippen molar-refractivity contribution in [3.8, 4) is 6.07 Å². The normalized spacial score (nSPS) is 23.4. The first-order valence-corrected chi connectivity index (χ1v) is 6.69. The molecule has 1 aliphatic rings. The molecule has 0 heterocycles. The van der Waals surface area contributed by atoms with Gasteiger partial charge in [0.15, 0.2) is 0 Å². The molecule has 2 rings (SSSR count). The summed E-state index contributed by atoms with van der Waals surface area (Å²) in [6.07, 6.45) is 5.06. The van der Waals surface area contributed by atoms with Crippen LogP contribution in [0.2, 0.25) is 0 Å². The quantitative estimate of drug-likeness (QED) is 0.887. The number of anilines is 1. The van der Waals surface area contributed by atoms with Gasteiger partial charge < -0.3 is 10.6 Å². The van der Waals surface area contributed by atoms with Crippen molar-refractivity contribution < 1.29 is 0 Å².